The van der Waals surface area contributed by atoms with E-state index in [1.54, 1.807) is 26.0 Å². The van der Waals surface area contributed by atoms with Gasteiger partial charge in [0.25, 0.3) is 0 Å². The minimum Gasteiger partial charge on any atom is -0.421 e. The van der Waals surface area contributed by atoms with Crippen LogP contribution in [0.2, 0.25) is 0 Å². The standard InChI is InChI=1S/C13H13FN2O2/c1-8-4-3-5-11(12(8)14)18-13-15-6-10(7-17)9(2)16-13/h3-6,17H,7H2,1-2H3. The Hall–Kier alpha value is -2.01. The van der Waals surface area contributed by atoms with Gasteiger partial charge in [-0.05, 0) is 25.5 Å². The molecule has 1 aromatic carbocycles. The summed E-state index contributed by atoms with van der Waals surface area (Å²) in [6.45, 7) is 3.25. The fourth-order valence-electron chi connectivity index (χ4n) is 1.47. The van der Waals surface area contributed by atoms with E-state index in [9.17, 15) is 4.39 Å². The molecule has 0 amide bonds. The van der Waals surface area contributed by atoms with Crippen LogP contribution in [0.4, 0.5) is 4.39 Å². The van der Waals surface area contributed by atoms with Gasteiger partial charge < -0.3 is 9.84 Å². The third-order valence-corrected chi connectivity index (χ3v) is 2.59. The average Bonchev–Trinajstić information content (AvgIpc) is 2.35. The van der Waals surface area contributed by atoms with Crippen molar-refractivity contribution >= 4 is 0 Å². The summed E-state index contributed by atoms with van der Waals surface area (Å²) < 4.78 is 19.0. The van der Waals surface area contributed by atoms with Gasteiger partial charge in [-0.1, -0.05) is 12.1 Å². The number of benzene rings is 1. The van der Waals surface area contributed by atoms with Gasteiger partial charge in [-0.15, -0.1) is 0 Å². The molecule has 18 heavy (non-hydrogen) atoms. The van der Waals surface area contributed by atoms with E-state index in [1.165, 1.54) is 12.3 Å². The second kappa shape index (κ2) is 5.10. The highest BCUT2D eigenvalue weighted by atomic mass is 19.1. The van der Waals surface area contributed by atoms with Crippen molar-refractivity contribution in [2.45, 2.75) is 20.5 Å². The first kappa shape index (κ1) is 12.4. The van der Waals surface area contributed by atoms with Gasteiger partial charge in [0.15, 0.2) is 11.6 Å². The lowest BCUT2D eigenvalue weighted by atomic mass is 10.2. The first-order valence-electron chi connectivity index (χ1n) is 5.48. The molecular formula is C13H13FN2O2. The van der Waals surface area contributed by atoms with Crippen molar-refractivity contribution in [3.8, 4) is 11.8 Å². The number of hydrogen-bond acceptors (Lipinski definition) is 4. The molecule has 0 unspecified atom stereocenters. The second-order valence-corrected chi connectivity index (χ2v) is 3.91. The third kappa shape index (κ3) is 2.46. The summed E-state index contributed by atoms with van der Waals surface area (Å²) in [7, 11) is 0. The van der Waals surface area contributed by atoms with Crippen LogP contribution in [0.15, 0.2) is 24.4 Å². The zero-order valence-corrected chi connectivity index (χ0v) is 10.1. The Bertz CT molecular complexity index is 573. The number of halogens is 1. The van der Waals surface area contributed by atoms with Crippen molar-refractivity contribution in [1.82, 2.24) is 9.97 Å². The van der Waals surface area contributed by atoms with Crippen molar-refractivity contribution in [3.05, 3.63) is 47.0 Å². The van der Waals surface area contributed by atoms with E-state index in [4.69, 9.17) is 9.84 Å². The summed E-state index contributed by atoms with van der Waals surface area (Å²) in [6, 6.07) is 4.93. The number of hydrogen-bond donors (Lipinski definition) is 1. The maximum Gasteiger partial charge on any atom is 0.322 e. The molecule has 1 aromatic heterocycles. The highest BCUT2D eigenvalue weighted by Gasteiger charge is 2.09. The molecule has 1 N–H and O–H groups in total. The molecule has 5 heteroatoms. The largest absolute Gasteiger partial charge is 0.421 e. The highest BCUT2D eigenvalue weighted by Crippen LogP contribution is 2.24. The van der Waals surface area contributed by atoms with Gasteiger partial charge in [-0.25, -0.2) is 9.37 Å². The Morgan fingerprint density at radius 3 is 2.78 bits per heavy atom. The molecule has 0 aliphatic heterocycles. The molecular weight excluding hydrogens is 235 g/mol. The number of nitrogens with zero attached hydrogens (tertiary/aromatic N) is 2. The predicted octanol–water partition coefficient (Wildman–Crippen LogP) is 2.52. The van der Waals surface area contributed by atoms with E-state index in [0.29, 0.717) is 16.8 Å². The van der Waals surface area contributed by atoms with Gasteiger partial charge in [0.05, 0.1) is 12.3 Å². The Labute approximate surface area is 104 Å². The molecule has 2 aromatic rings. The van der Waals surface area contributed by atoms with Gasteiger partial charge in [-0.3, -0.25) is 0 Å². The summed E-state index contributed by atoms with van der Waals surface area (Å²) in [5.74, 6) is -0.337. The van der Waals surface area contributed by atoms with Crippen LogP contribution in [0.25, 0.3) is 0 Å². The first-order valence-corrected chi connectivity index (χ1v) is 5.48. The van der Waals surface area contributed by atoms with E-state index in [0.717, 1.165) is 0 Å². The maximum atomic E-state index is 13.7. The summed E-state index contributed by atoms with van der Waals surface area (Å²) in [4.78, 5) is 7.97. The Morgan fingerprint density at radius 1 is 1.33 bits per heavy atom. The van der Waals surface area contributed by atoms with Gasteiger partial charge >= 0.3 is 6.01 Å². The number of aliphatic hydroxyl groups excluding tert-OH is 1. The van der Waals surface area contributed by atoms with Crippen LogP contribution in [0.3, 0.4) is 0 Å². The highest BCUT2D eigenvalue weighted by molar-refractivity contribution is 5.32. The minimum atomic E-state index is -0.426. The lowest BCUT2D eigenvalue weighted by Gasteiger charge is -2.08. The SMILES string of the molecule is Cc1cccc(Oc2ncc(CO)c(C)n2)c1F. The monoisotopic (exact) mass is 248 g/mol. The molecule has 0 radical (unpaired) electrons. The minimum absolute atomic E-state index is 0.0641. The molecule has 0 saturated carbocycles. The van der Waals surface area contributed by atoms with Crippen molar-refractivity contribution in [1.29, 1.82) is 0 Å². The molecule has 2 rings (SSSR count). The van der Waals surface area contributed by atoms with E-state index >= 15 is 0 Å². The summed E-state index contributed by atoms with van der Waals surface area (Å²) in [5, 5.41) is 9.00. The van der Waals surface area contributed by atoms with Gasteiger partial charge in [0, 0.05) is 11.8 Å². The molecule has 0 atom stereocenters. The topological polar surface area (TPSA) is 55.2 Å². The number of aromatic nitrogens is 2. The van der Waals surface area contributed by atoms with Gasteiger partial charge in [0.1, 0.15) is 0 Å². The fraction of sp³-hybridized carbons (Fsp3) is 0.231. The van der Waals surface area contributed by atoms with Crippen molar-refractivity contribution in [2.75, 3.05) is 0 Å². The first-order chi connectivity index (χ1) is 8.61. The van der Waals surface area contributed by atoms with Crippen LogP contribution < -0.4 is 4.74 Å². The van der Waals surface area contributed by atoms with Crippen LogP contribution in [0.5, 0.6) is 11.8 Å². The molecule has 4 nitrogen and oxygen atoms in total. The molecule has 0 saturated heterocycles. The van der Waals surface area contributed by atoms with Gasteiger partial charge in [0.2, 0.25) is 0 Å². The summed E-state index contributed by atoms with van der Waals surface area (Å²) >= 11 is 0. The van der Waals surface area contributed by atoms with Crippen LogP contribution in [0.1, 0.15) is 16.8 Å². The normalized spacial score (nSPS) is 10.4. The van der Waals surface area contributed by atoms with Crippen LogP contribution in [0, 0.1) is 19.7 Å². The van der Waals surface area contributed by atoms with Crippen LogP contribution in [-0.4, -0.2) is 15.1 Å². The summed E-state index contributed by atoms with van der Waals surface area (Å²) in [6.07, 6.45) is 1.46. The quantitative estimate of drug-likeness (QED) is 0.906. The molecule has 1 heterocycles. The predicted molar refractivity (Wildman–Crippen MR) is 63.9 cm³/mol. The van der Waals surface area contributed by atoms with Crippen LogP contribution in [-0.2, 0) is 6.61 Å². The lowest BCUT2D eigenvalue weighted by molar-refractivity contribution is 0.279. The molecule has 0 aliphatic rings. The Kier molecular flexibility index (Phi) is 3.53. The zero-order chi connectivity index (χ0) is 13.1. The molecule has 0 spiro atoms. The summed E-state index contributed by atoms with van der Waals surface area (Å²) in [5.41, 5.74) is 1.72. The third-order valence-electron chi connectivity index (χ3n) is 2.59. The molecule has 94 valence electrons. The van der Waals surface area contributed by atoms with E-state index in [1.807, 2.05) is 0 Å². The Balaban J connectivity index is 2.29. The maximum absolute atomic E-state index is 13.7. The van der Waals surface area contributed by atoms with Crippen molar-refractivity contribution < 1.29 is 14.2 Å². The molecule has 0 bridgehead atoms. The van der Waals surface area contributed by atoms with Crippen molar-refractivity contribution in [2.24, 2.45) is 0 Å². The number of ether oxygens (including phenoxy) is 1. The lowest BCUT2D eigenvalue weighted by Crippen LogP contribution is -1.99. The van der Waals surface area contributed by atoms with E-state index in [-0.39, 0.29) is 18.4 Å². The average molecular weight is 248 g/mol. The second-order valence-electron chi connectivity index (χ2n) is 3.91. The zero-order valence-electron chi connectivity index (χ0n) is 10.1. The molecule has 0 aliphatic carbocycles. The molecule has 0 fully saturated rings. The van der Waals surface area contributed by atoms with Crippen molar-refractivity contribution in [3.63, 3.8) is 0 Å². The number of rotatable bonds is 3. The Morgan fingerprint density at radius 2 is 2.11 bits per heavy atom. The number of aliphatic hydroxyl groups is 1. The smallest absolute Gasteiger partial charge is 0.322 e. The van der Waals surface area contributed by atoms with Crippen LogP contribution >= 0.6 is 0 Å². The van der Waals surface area contributed by atoms with E-state index < -0.39 is 5.82 Å². The fourth-order valence-corrected chi connectivity index (χ4v) is 1.47. The van der Waals surface area contributed by atoms with E-state index in [2.05, 4.69) is 9.97 Å². The van der Waals surface area contributed by atoms with Gasteiger partial charge in [-0.2, -0.15) is 4.98 Å². The number of aryl methyl sites for hydroxylation is 2.